The molecular weight excluding hydrogens is 218 g/mol. The first-order valence-electron chi connectivity index (χ1n) is 5.49. The molecule has 0 fully saturated rings. The van der Waals surface area contributed by atoms with E-state index in [2.05, 4.69) is 0 Å². The van der Waals surface area contributed by atoms with Crippen LogP contribution < -0.4 is 0 Å². The summed E-state index contributed by atoms with van der Waals surface area (Å²) in [5.74, 6) is 0.105. The first-order valence-corrected chi connectivity index (χ1v) is 5.49. The first-order chi connectivity index (χ1) is 7.82. The maximum absolute atomic E-state index is 10.9. The van der Waals surface area contributed by atoms with Crippen LogP contribution in [0.3, 0.4) is 0 Å². The van der Waals surface area contributed by atoms with Crippen LogP contribution in [0.15, 0.2) is 17.8 Å². The zero-order valence-corrected chi connectivity index (χ0v) is 10.5. The molecule has 17 heavy (non-hydrogen) atoms. The van der Waals surface area contributed by atoms with Crippen molar-refractivity contribution in [3.8, 4) is 5.75 Å². The van der Waals surface area contributed by atoms with Crippen LogP contribution in [0.25, 0.3) is 6.08 Å². The molecule has 92 valence electrons. The third kappa shape index (κ3) is 3.06. The molecular formula is C13H17NO3. The van der Waals surface area contributed by atoms with Crippen molar-refractivity contribution in [2.45, 2.75) is 27.7 Å². The van der Waals surface area contributed by atoms with Crippen molar-refractivity contribution in [3.63, 3.8) is 0 Å². The molecule has 0 spiro atoms. The summed E-state index contributed by atoms with van der Waals surface area (Å²) in [6.07, 6.45) is 1.56. The smallest absolute Gasteiger partial charge is 0.249 e. The number of aryl methyl sites for hydroxylation is 2. The van der Waals surface area contributed by atoms with Gasteiger partial charge in [-0.15, -0.1) is 0 Å². The van der Waals surface area contributed by atoms with E-state index >= 15 is 0 Å². The summed E-state index contributed by atoms with van der Waals surface area (Å²) in [7, 11) is 0. The Morgan fingerprint density at radius 1 is 1.35 bits per heavy atom. The van der Waals surface area contributed by atoms with Crippen LogP contribution in [-0.2, 0) is 0 Å². The quantitative estimate of drug-likeness (QED) is 0.646. The summed E-state index contributed by atoms with van der Waals surface area (Å²) in [4.78, 5) is 10.5. The highest BCUT2D eigenvalue weighted by molar-refractivity contribution is 5.57. The summed E-state index contributed by atoms with van der Waals surface area (Å²) in [6, 6.07) is 3.49. The third-order valence-electron chi connectivity index (χ3n) is 2.63. The molecule has 0 aliphatic rings. The molecule has 0 unspecified atom stereocenters. The van der Waals surface area contributed by atoms with Crippen molar-refractivity contribution in [3.05, 3.63) is 44.6 Å². The standard InChI is InChI=1S/C13H17NO3/c1-8(2)12(14(16)17)7-11-5-9(3)13(15)10(4)6-11/h5-8,15H,1-4H3/b12-7-. The fourth-order valence-corrected chi connectivity index (χ4v) is 1.67. The van der Waals surface area contributed by atoms with Gasteiger partial charge in [-0.2, -0.15) is 0 Å². The number of phenolic OH excluding ortho intramolecular Hbond substituents is 1. The molecule has 1 aromatic carbocycles. The molecule has 0 saturated heterocycles. The number of hydrogen-bond donors (Lipinski definition) is 1. The van der Waals surface area contributed by atoms with Gasteiger partial charge in [0, 0.05) is 12.0 Å². The van der Waals surface area contributed by atoms with Gasteiger partial charge in [-0.05, 0) is 42.7 Å². The first kappa shape index (κ1) is 13.2. The number of aromatic hydroxyl groups is 1. The van der Waals surface area contributed by atoms with Crippen molar-refractivity contribution < 1.29 is 10.0 Å². The highest BCUT2D eigenvalue weighted by Gasteiger charge is 2.16. The highest BCUT2D eigenvalue weighted by Crippen LogP contribution is 2.25. The molecule has 0 heterocycles. The van der Waals surface area contributed by atoms with E-state index in [1.807, 2.05) is 0 Å². The molecule has 1 aromatic rings. The van der Waals surface area contributed by atoms with Gasteiger partial charge >= 0.3 is 0 Å². The van der Waals surface area contributed by atoms with Gasteiger partial charge < -0.3 is 5.11 Å². The van der Waals surface area contributed by atoms with E-state index in [1.165, 1.54) is 0 Å². The molecule has 0 aliphatic heterocycles. The van der Waals surface area contributed by atoms with Gasteiger partial charge in [0.05, 0.1) is 4.92 Å². The minimum Gasteiger partial charge on any atom is -0.507 e. The molecule has 0 bridgehead atoms. The fourth-order valence-electron chi connectivity index (χ4n) is 1.67. The summed E-state index contributed by atoms with van der Waals surface area (Å²) in [5, 5.41) is 20.5. The van der Waals surface area contributed by atoms with Crippen LogP contribution in [0, 0.1) is 29.9 Å². The topological polar surface area (TPSA) is 63.4 Å². The lowest BCUT2D eigenvalue weighted by Gasteiger charge is -2.06. The Morgan fingerprint density at radius 2 is 1.82 bits per heavy atom. The Bertz CT molecular complexity index is 453. The number of rotatable bonds is 3. The average Bonchev–Trinajstić information content (AvgIpc) is 2.21. The summed E-state index contributed by atoms with van der Waals surface area (Å²) < 4.78 is 0. The van der Waals surface area contributed by atoms with Crippen LogP contribution in [0.1, 0.15) is 30.5 Å². The monoisotopic (exact) mass is 235 g/mol. The molecule has 4 nitrogen and oxygen atoms in total. The van der Waals surface area contributed by atoms with E-state index in [1.54, 1.807) is 45.9 Å². The predicted molar refractivity (Wildman–Crippen MR) is 67.4 cm³/mol. The van der Waals surface area contributed by atoms with Gasteiger partial charge in [-0.1, -0.05) is 13.8 Å². The molecule has 0 atom stereocenters. The maximum atomic E-state index is 10.9. The number of nitrogens with zero attached hydrogens (tertiary/aromatic N) is 1. The van der Waals surface area contributed by atoms with Crippen LogP contribution >= 0.6 is 0 Å². The second-order valence-corrected chi connectivity index (χ2v) is 4.48. The molecule has 0 amide bonds. The van der Waals surface area contributed by atoms with E-state index < -0.39 is 0 Å². The summed E-state index contributed by atoms with van der Waals surface area (Å²) in [5.41, 5.74) is 2.37. The lowest BCUT2D eigenvalue weighted by molar-refractivity contribution is -0.431. The van der Waals surface area contributed by atoms with Crippen LogP contribution in [0.5, 0.6) is 5.75 Å². The van der Waals surface area contributed by atoms with E-state index in [4.69, 9.17) is 0 Å². The Morgan fingerprint density at radius 3 is 2.18 bits per heavy atom. The Labute approximate surface area is 101 Å². The number of hydrogen-bond acceptors (Lipinski definition) is 3. The Hall–Kier alpha value is -1.84. The summed E-state index contributed by atoms with van der Waals surface area (Å²) >= 11 is 0. The SMILES string of the molecule is Cc1cc(/C=C(/C(C)C)[N+](=O)[O-])cc(C)c1O. The Balaban J connectivity index is 3.26. The van der Waals surface area contributed by atoms with Gasteiger partial charge in [-0.3, -0.25) is 10.1 Å². The minimum absolute atomic E-state index is 0.139. The third-order valence-corrected chi connectivity index (χ3v) is 2.63. The van der Waals surface area contributed by atoms with Gasteiger partial charge in [0.25, 0.3) is 0 Å². The predicted octanol–water partition coefficient (Wildman–Crippen LogP) is 3.28. The molecule has 1 rings (SSSR count). The molecule has 4 heteroatoms. The second-order valence-electron chi connectivity index (χ2n) is 4.48. The normalized spacial score (nSPS) is 11.9. The van der Waals surface area contributed by atoms with Crippen molar-refractivity contribution >= 4 is 6.08 Å². The van der Waals surface area contributed by atoms with Crippen molar-refractivity contribution in [2.75, 3.05) is 0 Å². The number of nitro groups is 1. The van der Waals surface area contributed by atoms with E-state index in [0.717, 1.165) is 16.7 Å². The van der Waals surface area contributed by atoms with Crippen LogP contribution in [0.4, 0.5) is 0 Å². The van der Waals surface area contributed by atoms with Crippen molar-refractivity contribution in [1.82, 2.24) is 0 Å². The lowest BCUT2D eigenvalue weighted by atomic mass is 10.0. The van der Waals surface area contributed by atoms with Crippen LogP contribution in [0.2, 0.25) is 0 Å². The van der Waals surface area contributed by atoms with Gasteiger partial charge in [-0.25, -0.2) is 0 Å². The largest absolute Gasteiger partial charge is 0.507 e. The molecule has 0 saturated carbocycles. The number of phenols is 1. The van der Waals surface area contributed by atoms with Crippen molar-refractivity contribution in [2.24, 2.45) is 5.92 Å². The van der Waals surface area contributed by atoms with E-state index in [-0.39, 0.29) is 22.3 Å². The number of allylic oxidation sites excluding steroid dienone is 1. The minimum atomic E-state index is -0.359. The zero-order chi connectivity index (χ0) is 13.2. The van der Waals surface area contributed by atoms with Crippen molar-refractivity contribution in [1.29, 1.82) is 0 Å². The van der Waals surface area contributed by atoms with E-state index in [0.29, 0.717) is 0 Å². The van der Waals surface area contributed by atoms with Gasteiger partial charge in [0.15, 0.2) is 0 Å². The number of benzene rings is 1. The van der Waals surface area contributed by atoms with Crippen LogP contribution in [-0.4, -0.2) is 10.0 Å². The second kappa shape index (κ2) is 4.99. The maximum Gasteiger partial charge on any atom is 0.249 e. The molecule has 1 N–H and O–H groups in total. The lowest BCUT2D eigenvalue weighted by Crippen LogP contribution is -2.05. The van der Waals surface area contributed by atoms with E-state index in [9.17, 15) is 15.2 Å². The summed E-state index contributed by atoms with van der Waals surface area (Å²) in [6.45, 7) is 7.13. The molecule has 0 aliphatic carbocycles. The zero-order valence-electron chi connectivity index (χ0n) is 10.5. The van der Waals surface area contributed by atoms with Gasteiger partial charge in [0.1, 0.15) is 5.75 Å². The van der Waals surface area contributed by atoms with Gasteiger partial charge in [0.2, 0.25) is 5.70 Å². The highest BCUT2D eigenvalue weighted by atomic mass is 16.6. The molecule has 0 radical (unpaired) electrons. The fraction of sp³-hybridized carbons (Fsp3) is 0.385. The Kier molecular flexibility index (Phi) is 3.89. The molecule has 0 aromatic heterocycles. The average molecular weight is 235 g/mol.